The molecule has 28 heavy (non-hydrogen) atoms. The van der Waals surface area contributed by atoms with Crippen molar-refractivity contribution in [3.05, 3.63) is 17.1 Å². The first-order chi connectivity index (χ1) is 13.4. The molecule has 0 aromatic carbocycles. The number of methoxy groups -OCH3 is 1. The average Bonchev–Trinajstić information content (AvgIpc) is 3.13. The van der Waals surface area contributed by atoms with Crippen molar-refractivity contribution in [1.29, 1.82) is 0 Å². The van der Waals surface area contributed by atoms with Crippen molar-refractivity contribution in [3.63, 3.8) is 0 Å². The normalized spacial score (nSPS) is 21.6. The van der Waals surface area contributed by atoms with Gasteiger partial charge >= 0.3 is 5.97 Å². The fourth-order valence-electron chi connectivity index (χ4n) is 2.64. The molecule has 12 nitrogen and oxygen atoms in total. The molecule has 1 aromatic heterocycles. The van der Waals surface area contributed by atoms with Gasteiger partial charge in [0.1, 0.15) is 30.5 Å². The van der Waals surface area contributed by atoms with Crippen molar-refractivity contribution in [2.45, 2.75) is 11.4 Å². The van der Waals surface area contributed by atoms with Crippen LogP contribution in [0.1, 0.15) is 5.82 Å². The Balaban J connectivity index is 1.80. The maximum Gasteiger partial charge on any atom is 0.355 e. The number of ether oxygens (including phenoxy) is 1. The van der Waals surface area contributed by atoms with Gasteiger partial charge in [0.2, 0.25) is 11.5 Å². The minimum atomic E-state index is -0.941. The number of β-lactam (4-membered cyclic amide) rings is 1. The van der Waals surface area contributed by atoms with Crippen LogP contribution in [0.25, 0.3) is 0 Å². The third-order valence-electron chi connectivity index (χ3n) is 3.86. The number of hydrogen-bond donors (Lipinski definition) is 2. The third kappa shape index (κ3) is 3.31. The van der Waals surface area contributed by atoms with Crippen LogP contribution >= 0.6 is 23.3 Å². The standard InChI is InChI=1S/C14H14N6O6S2/c1-25-13(24)8-5(3-21)4-27-12-7(11(23)20(8)12)16-10(22)6(18-26-2)9-17-14(15)28-19-9/h3,7,12H,4H2,1-2H3,(H,16,22)(H2,15,17,19)/b18-6+. The van der Waals surface area contributed by atoms with Gasteiger partial charge in [-0.05, 0) is 0 Å². The van der Waals surface area contributed by atoms with E-state index < -0.39 is 29.2 Å². The van der Waals surface area contributed by atoms with E-state index in [4.69, 9.17) is 5.73 Å². The maximum absolute atomic E-state index is 12.6. The molecule has 0 bridgehead atoms. The van der Waals surface area contributed by atoms with E-state index in [1.165, 1.54) is 18.9 Å². The van der Waals surface area contributed by atoms with E-state index in [1.54, 1.807) is 0 Å². The number of rotatable bonds is 6. The van der Waals surface area contributed by atoms with Crippen molar-refractivity contribution >= 4 is 58.2 Å². The summed E-state index contributed by atoms with van der Waals surface area (Å²) in [5.41, 5.74) is 5.30. The molecule has 2 amide bonds. The van der Waals surface area contributed by atoms with E-state index in [1.807, 2.05) is 0 Å². The van der Waals surface area contributed by atoms with Crippen molar-refractivity contribution in [2.75, 3.05) is 25.7 Å². The number of fused-ring (bicyclic) bond motifs is 1. The summed E-state index contributed by atoms with van der Waals surface area (Å²) in [7, 11) is 2.39. The molecule has 3 rings (SSSR count). The molecule has 3 heterocycles. The molecule has 1 fully saturated rings. The molecule has 0 radical (unpaired) electrons. The number of amides is 2. The van der Waals surface area contributed by atoms with E-state index in [-0.39, 0.29) is 33.7 Å². The first-order valence-electron chi connectivity index (χ1n) is 7.65. The quantitative estimate of drug-likeness (QED) is 0.180. The smallest absolute Gasteiger partial charge is 0.355 e. The number of nitrogens with two attached hydrogens (primary N) is 1. The van der Waals surface area contributed by atoms with E-state index in [9.17, 15) is 19.2 Å². The summed E-state index contributed by atoms with van der Waals surface area (Å²) >= 11 is 2.10. The molecule has 14 heteroatoms. The van der Waals surface area contributed by atoms with Crippen LogP contribution in [0, 0.1) is 0 Å². The summed E-state index contributed by atoms with van der Waals surface area (Å²) in [6.07, 6.45) is 0.510. The molecule has 0 aliphatic carbocycles. The fraction of sp³-hybridized carbons (Fsp3) is 0.357. The molecule has 0 spiro atoms. The summed E-state index contributed by atoms with van der Waals surface area (Å²) in [4.78, 5) is 58.0. The SMILES string of the molecule is CO/N=C(/C(=O)NC1C(=O)N2C(C(=O)OC)=C(C=O)CSC12)c1nsc(N)n1. The molecule has 0 saturated carbocycles. The van der Waals surface area contributed by atoms with Gasteiger partial charge < -0.3 is 20.6 Å². The number of carbonyl (C=O) groups excluding carboxylic acids is 4. The number of esters is 1. The summed E-state index contributed by atoms with van der Waals surface area (Å²) in [6.45, 7) is 0. The highest BCUT2D eigenvalue weighted by molar-refractivity contribution is 8.00. The summed E-state index contributed by atoms with van der Waals surface area (Å²) in [5.74, 6) is -1.96. The molecule has 1 saturated heterocycles. The van der Waals surface area contributed by atoms with Crippen molar-refractivity contribution in [3.8, 4) is 0 Å². The predicted molar refractivity (Wildman–Crippen MR) is 98.0 cm³/mol. The number of nitrogens with zero attached hydrogens (tertiary/aromatic N) is 4. The van der Waals surface area contributed by atoms with Crippen LogP contribution in [0.2, 0.25) is 0 Å². The topological polar surface area (TPSA) is 166 Å². The second-order valence-corrected chi connectivity index (χ2v) is 7.31. The molecule has 1 aromatic rings. The zero-order valence-corrected chi connectivity index (χ0v) is 16.2. The predicted octanol–water partition coefficient (Wildman–Crippen LogP) is -1.50. The number of hydrogen-bond acceptors (Lipinski definition) is 12. The molecular formula is C14H14N6O6S2. The van der Waals surface area contributed by atoms with Crippen molar-refractivity contribution in [1.82, 2.24) is 19.6 Å². The zero-order chi connectivity index (χ0) is 20.4. The first-order valence-corrected chi connectivity index (χ1v) is 9.48. The fourth-order valence-corrected chi connectivity index (χ4v) is 4.36. The van der Waals surface area contributed by atoms with Gasteiger partial charge in [-0.3, -0.25) is 19.3 Å². The summed E-state index contributed by atoms with van der Waals surface area (Å²) in [5, 5.41) is 5.68. The van der Waals surface area contributed by atoms with Gasteiger partial charge in [0.15, 0.2) is 5.13 Å². The third-order valence-corrected chi connectivity index (χ3v) is 5.70. The van der Waals surface area contributed by atoms with Crippen LogP contribution in [-0.4, -0.2) is 75.4 Å². The monoisotopic (exact) mass is 426 g/mol. The number of aromatic nitrogens is 2. The minimum absolute atomic E-state index is 0.0415. The van der Waals surface area contributed by atoms with Gasteiger partial charge in [0, 0.05) is 22.9 Å². The van der Waals surface area contributed by atoms with Gasteiger partial charge in [0.05, 0.1) is 7.11 Å². The lowest BCUT2D eigenvalue weighted by molar-refractivity contribution is -0.151. The van der Waals surface area contributed by atoms with Gasteiger partial charge in [-0.1, -0.05) is 5.16 Å². The molecular weight excluding hydrogens is 412 g/mol. The van der Waals surface area contributed by atoms with Crippen LogP contribution in [0.3, 0.4) is 0 Å². The number of nitrogens with one attached hydrogen (secondary N) is 1. The molecule has 3 N–H and O–H groups in total. The summed E-state index contributed by atoms with van der Waals surface area (Å²) in [6, 6.07) is -0.941. The maximum atomic E-state index is 12.6. The van der Waals surface area contributed by atoms with Crippen LogP contribution in [-0.2, 0) is 28.8 Å². The van der Waals surface area contributed by atoms with Crippen LogP contribution in [0.15, 0.2) is 16.4 Å². The van der Waals surface area contributed by atoms with E-state index in [0.29, 0.717) is 6.29 Å². The van der Waals surface area contributed by atoms with Crippen molar-refractivity contribution in [2.24, 2.45) is 5.16 Å². The van der Waals surface area contributed by atoms with Gasteiger partial charge in [-0.2, -0.15) is 9.36 Å². The van der Waals surface area contributed by atoms with Crippen LogP contribution < -0.4 is 11.1 Å². The zero-order valence-electron chi connectivity index (χ0n) is 14.6. The highest BCUT2D eigenvalue weighted by Crippen LogP contribution is 2.40. The Morgan fingerprint density at radius 3 is 2.75 bits per heavy atom. The Morgan fingerprint density at radius 2 is 2.18 bits per heavy atom. The Bertz CT molecular complexity index is 912. The lowest BCUT2D eigenvalue weighted by atomic mass is 10.0. The Morgan fingerprint density at radius 1 is 1.43 bits per heavy atom. The van der Waals surface area contributed by atoms with Crippen LogP contribution in [0.5, 0.6) is 0 Å². The van der Waals surface area contributed by atoms with Crippen molar-refractivity contribution < 1.29 is 28.8 Å². The minimum Gasteiger partial charge on any atom is -0.464 e. The Labute approximate surface area is 166 Å². The first kappa shape index (κ1) is 19.8. The average molecular weight is 426 g/mol. The van der Waals surface area contributed by atoms with Crippen LogP contribution in [0.4, 0.5) is 5.13 Å². The number of nitrogen functional groups attached to an aromatic ring is 1. The number of carbonyl (C=O) groups is 4. The lowest BCUT2D eigenvalue weighted by Crippen LogP contribution is -2.71. The second kappa shape index (κ2) is 7.93. The molecule has 2 aliphatic rings. The number of anilines is 1. The van der Waals surface area contributed by atoms with E-state index in [0.717, 1.165) is 23.5 Å². The Kier molecular flexibility index (Phi) is 5.60. The molecule has 148 valence electrons. The van der Waals surface area contributed by atoms with Gasteiger partial charge in [-0.15, -0.1) is 11.8 Å². The van der Waals surface area contributed by atoms with Gasteiger partial charge in [-0.25, -0.2) is 4.79 Å². The van der Waals surface area contributed by atoms with Gasteiger partial charge in [0.25, 0.3) is 11.8 Å². The largest absolute Gasteiger partial charge is 0.464 e. The number of oxime groups is 1. The molecule has 2 aliphatic heterocycles. The highest BCUT2D eigenvalue weighted by atomic mass is 32.2. The molecule has 2 unspecified atom stereocenters. The highest BCUT2D eigenvalue weighted by Gasteiger charge is 2.54. The Hall–Kier alpha value is -3.00. The van der Waals surface area contributed by atoms with E-state index >= 15 is 0 Å². The summed E-state index contributed by atoms with van der Waals surface area (Å²) < 4.78 is 8.56. The second-order valence-electron chi connectivity index (χ2n) is 5.42. The van der Waals surface area contributed by atoms with E-state index in [2.05, 4.69) is 29.4 Å². The molecule has 2 atom stereocenters. The number of aldehydes is 1. The lowest BCUT2D eigenvalue weighted by Gasteiger charge is -2.49. The number of thioether (sulfide) groups is 1.